The monoisotopic (exact) mass is 359 g/mol. The van der Waals surface area contributed by atoms with E-state index >= 15 is 0 Å². The maximum Gasteiger partial charge on any atom is 0.494 e. The molecule has 1 aromatic heterocycles. The molecule has 2 heterocycles. The fourth-order valence-corrected chi connectivity index (χ4v) is 3.66. The number of aryl methyl sites for hydroxylation is 2. The molecule has 0 bridgehead atoms. The summed E-state index contributed by atoms with van der Waals surface area (Å²) >= 11 is 0. The molecule has 0 N–H and O–H groups in total. The first-order chi connectivity index (χ1) is 12.7. The number of hydrogen-bond acceptors (Lipinski definition) is 3. The Hall–Kier alpha value is -2.17. The van der Waals surface area contributed by atoms with Crippen LogP contribution in [0.5, 0.6) is 0 Å². The maximum absolute atomic E-state index is 6.21. The molecule has 4 rings (SSSR count). The summed E-state index contributed by atoms with van der Waals surface area (Å²) in [5.74, 6) is 0. The highest BCUT2D eigenvalue weighted by Gasteiger charge is 2.51. The lowest BCUT2D eigenvalue weighted by molar-refractivity contribution is 0.00578. The number of rotatable bonds is 2. The Labute approximate surface area is 161 Å². The smallest absolute Gasteiger partial charge is 0.399 e. The molecule has 0 atom stereocenters. The van der Waals surface area contributed by atoms with Gasteiger partial charge in [-0.15, -0.1) is 0 Å². The molecule has 0 radical (unpaired) electrons. The van der Waals surface area contributed by atoms with Crippen molar-refractivity contribution in [3.05, 3.63) is 59.8 Å². The number of fused-ring (bicyclic) bond motifs is 1. The molecule has 3 nitrogen and oxygen atoms in total. The number of pyridine rings is 1. The predicted octanol–water partition coefficient (Wildman–Crippen LogP) is 4.82. The highest BCUT2D eigenvalue weighted by Crippen LogP contribution is 2.37. The van der Waals surface area contributed by atoms with Crippen LogP contribution in [0.25, 0.3) is 22.0 Å². The first-order valence-corrected chi connectivity index (χ1v) is 9.49. The van der Waals surface area contributed by atoms with Gasteiger partial charge >= 0.3 is 7.12 Å². The van der Waals surface area contributed by atoms with E-state index in [0.717, 1.165) is 27.5 Å². The van der Waals surface area contributed by atoms with Crippen molar-refractivity contribution in [1.82, 2.24) is 4.98 Å². The predicted molar refractivity (Wildman–Crippen MR) is 112 cm³/mol. The maximum atomic E-state index is 6.21. The van der Waals surface area contributed by atoms with Crippen molar-refractivity contribution in [2.75, 3.05) is 0 Å². The van der Waals surface area contributed by atoms with Crippen LogP contribution in [-0.4, -0.2) is 23.3 Å². The van der Waals surface area contributed by atoms with E-state index in [1.165, 1.54) is 11.1 Å². The topological polar surface area (TPSA) is 31.4 Å². The van der Waals surface area contributed by atoms with E-state index in [2.05, 4.69) is 89.0 Å². The summed E-state index contributed by atoms with van der Waals surface area (Å²) in [7, 11) is -0.350. The third-order valence-electron chi connectivity index (χ3n) is 5.81. The van der Waals surface area contributed by atoms with Crippen molar-refractivity contribution in [3.63, 3.8) is 0 Å². The van der Waals surface area contributed by atoms with Crippen LogP contribution in [0.1, 0.15) is 38.8 Å². The van der Waals surface area contributed by atoms with Crippen LogP contribution in [0.15, 0.2) is 48.7 Å². The minimum atomic E-state index is -0.350. The lowest BCUT2D eigenvalue weighted by Crippen LogP contribution is -2.41. The lowest BCUT2D eigenvalue weighted by atomic mass is 9.78. The van der Waals surface area contributed by atoms with Gasteiger partial charge in [-0.1, -0.05) is 35.4 Å². The molecule has 1 aliphatic rings. The van der Waals surface area contributed by atoms with E-state index in [1.807, 2.05) is 6.20 Å². The van der Waals surface area contributed by atoms with Gasteiger partial charge in [0.1, 0.15) is 0 Å². The minimum Gasteiger partial charge on any atom is -0.399 e. The summed E-state index contributed by atoms with van der Waals surface area (Å²) in [4.78, 5) is 4.67. The zero-order chi connectivity index (χ0) is 19.4. The second kappa shape index (κ2) is 6.18. The Kier molecular flexibility index (Phi) is 4.17. The Balaban J connectivity index is 1.77. The zero-order valence-corrected chi connectivity index (χ0v) is 17.0. The van der Waals surface area contributed by atoms with Crippen molar-refractivity contribution in [2.24, 2.45) is 0 Å². The van der Waals surface area contributed by atoms with Gasteiger partial charge in [-0.2, -0.15) is 0 Å². The highest BCUT2D eigenvalue weighted by molar-refractivity contribution is 6.62. The van der Waals surface area contributed by atoms with Gasteiger partial charge in [0.15, 0.2) is 0 Å². The largest absolute Gasteiger partial charge is 0.494 e. The molecular formula is C23H26BNO2. The molecule has 3 aromatic rings. The van der Waals surface area contributed by atoms with Crippen molar-refractivity contribution in [1.29, 1.82) is 0 Å². The Bertz CT molecular complexity index is 990. The Morgan fingerprint density at radius 3 is 2.07 bits per heavy atom. The normalized spacial score (nSPS) is 18.2. The van der Waals surface area contributed by atoms with Crippen molar-refractivity contribution < 1.29 is 9.31 Å². The van der Waals surface area contributed by atoms with Crippen molar-refractivity contribution in [3.8, 4) is 11.3 Å². The summed E-state index contributed by atoms with van der Waals surface area (Å²) < 4.78 is 12.4. The van der Waals surface area contributed by atoms with Crippen molar-refractivity contribution >= 4 is 23.4 Å². The van der Waals surface area contributed by atoms with Gasteiger partial charge in [0.2, 0.25) is 0 Å². The highest BCUT2D eigenvalue weighted by atomic mass is 16.7. The average molecular weight is 359 g/mol. The second-order valence-corrected chi connectivity index (χ2v) is 8.60. The van der Waals surface area contributed by atoms with Crippen LogP contribution in [0, 0.1) is 13.8 Å². The van der Waals surface area contributed by atoms with Gasteiger partial charge in [-0.25, -0.2) is 0 Å². The van der Waals surface area contributed by atoms with Gasteiger partial charge in [-0.3, -0.25) is 4.98 Å². The third kappa shape index (κ3) is 3.17. The van der Waals surface area contributed by atoms with Gasteiger partial charge in [-0.05, 0) is 70.6 Å². The molecule has 138 valence electrons. The summed E-state index contributed by atoms with van der Waals surface area (Å²) in [6.07, 6.45) is 1.88. The number of benzene rings is 2. The van der Waals surface area contributed by atoms with E-state index in [-0.39, 0.29) is 18.3 Å². The molecular weight excluding hydrogens is 333 g/mol. The number of hydrogen-bond donors (Lipinski definition) is 0. The summed E-state index contributed by atoms with van der Waals surface area (Å²) in [5.41, 5.74) is 5.03. The first kappa shape index (κ1) is 18.2. The van der Waals surface area contributed by atoms with Gasteiger partial charge in [0.05, 0.1) is 16.9 Å². The first-order valence-electron chi connectivity index (χ1n) is 9.49. The molecule has 0 unspecified atom stereocenters. The van der Waals surface area contributed by atoms with E-state index in [9.17, 15) is 0 Å². The molecule has 0 spiro atoms. The fourth-order valence-electron chi connectivity index (χ4n) is 3.66. The van der Waals surface area contributed by atoms with E-state index in [4.69, 9.17) is 9.31 Å². The summed E-state index contributed by atoms with van der Waals surface area (Å²) in [6, 6.07) is 15.0. The molecule has 27 heavy (non-hydrogen) atoms. The summed E-state index contributed by atoms with van der Waals surface area (Å²) in [5, 5.41) is 2.29. The third-order valence-corrected chi connectivity index (χ3v) is 5.81. The van der Waals surface area contributed by atoms with E-state index in [1.54, 1.807) is 0 Å². The van der Waals surface area contributed by atoms with Crippen LogP contribution in [0.4, 0.5) is 0 Å². The Morgan fingerprint density at radius 1 is 0.815 bits per heavy atom. The average Bonchev–Trinajstić information content (AvgIpc) is 2.80. The molecule has 4 heteroatoms. The lowest BCUT2D eigenvalue weighted by Gasteiger charge is -2.32. The molecule has 0 saturated carbocycles. The van der Waals surface area contributed by atoms with Crippen LogP contribution in [-0.2, 0) is 9.31 Å². The molecule has 1 saturated heterocycles. The fraction of sp³-hybridized carbons (Fsp3) is 0.348. The molecule has 1 aliphatic heterocycles. The van der Waals surface area contributed by atoms with Gasteiger partial charge in [0.25, 0.3) is 0 Å². The zero-order valence-electron chi connectivity index (χ0n) is 17.0. The minimum absolute atomic E-state index is 0.338. The van der Waals surface area contributed by atoms with Gasteiger partial charge in [0, 0.05) is 17.1 Å². The molecule has 0 aliphatic carbocycles. The number of aromatic nitrogens is 1. The molecule has 1 fully saturated rings. The van der Waals surface area contributed by atoms with Gasteiger partial charge < -0.3 is 9.31 Å². The van der Waals surface area contributed by atoms with E-state index in [0.29, 0.717) is 0 Å². The van der Waals surface area contributed by atoms with Crippen LogP contribution in [0.3, 0.4) is 0 Å². The molecule has 2 aromatic carbocycles. The standard InChI is InChI=1S/C23H26BNO2/c1-15-11-16(2)13-18(12-15)21-20-8-7-19(14-17(20)9-10-25-21)24-26-22(3,4)23(5,6)27-24/h7-14H,1-6H3. The quantitative estimate of drug-likeness (QED) is 0.615. The van der Waals surface area contributed by atoms with Crippen LogP contribution >= 0.6 is 0 Å². The SMILES string of the molecule is Cc1cc(C)cc(-c2nccc3cc(B4OC(C)(C)C(C)(C)O4)ccc23)c1. The molecule has 0 amide bonds. The van der Waals surface area contributed by atoms with E-state index < -0.39 is 0 Å². The van der Waals surface area contributed by atoms with Crippen LogP contribution < -0.4 is 5.46 Å². The second-order valence-electron chi connectivity index (χ2n) is 8.60. The number of nitrogens with zero attached hydrogens (tertiary/aromatic N) is 1. The van der Waals surface area contributed by atoms with Crippen LogP contribution in [0.2, 0.25) is 0 Å². The summed E-state index contributed by atoms with van der Waals surface area (Å²) in [6.45, 7) is 12.6. The Morgan fingerprint density at radius 2 is 1.44 bits per heavy atom. The van der Waals surface area contributed by atoms with Crippen molar-refractivity contribution in [2.45, 2.75) is 52.7 Å².